The number of carbonyl (C=O) groups excluding carboxylic acids is 1. The zero-order valence-electron chi connectivity index (χ0n) is 15.2. The van der Waals surface area contributed by atoms with Crippen LogP contribution < -0.4 is 14.8 Å². The molecule has 0 aliphatic rings. The highest BCUT2D eigenvalue weighted by molar-refractivity contribution is 6.32. The van der Waals surface area contributed by atoms with E-state index < -0.39 is 0 Å². The number of amides is 1. The molecule has 0 saturated heterocycles. The van der Waals surface area contributed by atoms with Gasteiger partial charge in [0.15, 0.2) is 11.5 Å². The average molecular weight is 366 g/mol. The van der Waals surface area contributed by atoms with E-state index in [-0.39, 0.29) is 11.9 Å². The van der Waals surface area contributed by atoms with Crippen molar-refractivity contribution in [3.05, 3.63) is 35.0 Å². The minimum Gasteiger partial charge on any atom is -0.493 e. The third-order valence-electron chi connectivity index (χ3n) is 3.45. The Morgan fingerprint density at radius 1 is 1.32 bits per heavy atom. The van der Waals surface area contributed by atoms with Crippen LogP contribution in [0.3, 0.4) is 0 Å². The Morgan fingerprint density at radius 2 is 2.04 bits per heavy atom. The van der Waals surface area contributed by atoms with Crippen LogP contribution >= 0.6 is 11.6 Å². The number of hydrogen-bond acceptors (Lipinski definition) is 4. The lowest BCUT2D eigenvalue weighted by molar-refractivity contribution is 0.102. The van der Waals surface area contributed by atoms with E-state index in [0.717, 1.165) is 0 Å². The second kappa shape index (κ2) is 8.25. The lowest BCUT2D eigenvalue weighted by Crippen LogP contribution is -2.17. The van der Waals surface area contributed by atoms with Crippen LogP contribution in [-0.4, -0.2) is 29.4 Å². The number of ether oxygens (including phenoxy) is 2. The molecule has 1 aromatic carbocycles. The van der Waals surface area contributed by atoms with Gasteiger partial charge in [-0.25, -0.2) is 4.68 Å². The summed E-state index contributed by atoms with van der Waals surface area (Å²) in [6, 6.07) is 5.07. The molecule has 2 rings (SSSR count). The summed E-state index contributed by atoms with van der Waals surface area (Å²) in [4.78, 5) is 12.6. The number of halogens is 1. The Hall–Kier alpha value is -2.21. The van der Waals surface area contributed by atoms with E-state index in [1.165, 1.54) is 7.11 Å². The van der Waals surface area contributed by atoms with Gasteiger partial charge in [-0.1, -0.05) is 25.4 Å². The third kappa shape index (κ3) is 4.66. The lowest BCUT2D eigenvalue weighted by atomic mass is 10.1. The van der Waals surface area contributed by atoms with E-state index in [1.54, 1.807) is 29.1 Å². The molecule has 0 radical (unpaired) electrons. The zero-order chi connectivity index (χ0) is 18.6. The highest BCUT2D eigenvalue weighted by Gasteiger charge is 2.18. The molecule has 0 unspecified atom stereocenters. The van der Waals surface area contributed by atoms with Crippen molar-refractivity contribution in [3.63, 3.8) is 0 Å². The third-order valence-corrected chi connectivity index (χ3v) is 3.73. The highest BCUT2D eigenvalue weighted by atomic mass is 35.5. The van der Waals surface area contributed by atoms with E-state index >= 15 is 0 Å². The quantitative estimate of drug-likeness (QED) is 0.789. The first-order valence-electron chi connectivity index (χ1n) is 8.18. The number of nitrogens with zero attached hydrogens (tertiary/aromatic N) is 2. The standard InChI is InChI=1S/C18H24ClN3O3/c1-11(2)10-25-17-14(19)8-13(9-15(17)24-5)18(23)21-16-6-7-20-22(16)12(3)4/h6-9,11-12H,10H2,1-5H3,(H,21,23). The molecule has 7 heteroatoms. The van der Waals surface area contributed by atoms with Gasteiger partial charge in [0.2, 0.25) is 0 Å². The molecule has 0 aliphatic heterocycles. The topological polar surface area (TPSA) is 65.4 Å². The van der Waals surface area contributed by atoms with Gasteiger partial charge < -0.3 is 14.8 Å². The normalized spacial score (nSPS) is 11.0. The van der Waals surface area contributed by atoms with Gasteiger partial charge in [0.05, 0.1) is 24.9 Å². The van der Waals surface area contributed by atoms with Gasteiger partial charge in [0.25, 0.3) is 5.91 Å². The first-order valence-corrected chi connectivity index (χ1v) is 8.56. The van der Waals surface area contributed by atoms with Crippen LogP contribution in [0.5, 0.6) is 11.5 Å². The summed E-state index contributed by atoms with van der Waals surface area (Å²) < 4.78 is 12.8. The predicted molar refractivity (Wildman–Crippen MR) is 98.9 cm³/mol. The monoisotopic (exact) mass is 365 g/mol. The second-order valence-corrected chi connectivity index (χ2v) is 6.81. The summed E-state index contributed by atoms with van der Waals surface area (Å²) in [6.07, 6.45) is 1.64. The van der Waals surface area contributed by atoms with Gasteiger partial charge in [-0.2, -0.15) is 5.10 Å². The number of carbonyl (C=O) groups is 1. The number of hydrogen-bond donors (Lipinski definition) is 1. The van der Waals surface area contributed by atoms with Gasteiger partial charge in [-0.15, -0.1) is 0 Å². The van der Waals surface area contributed by atoms with Crippen LogP contribution in [0, 0.1) is 5.92 Å². The minimum atomic E-state index is -0.294. The van der Waals surface area contributed by atoms with Crippen molar-refractivity contribution in [1.29, 1.82) is 0 Å². The van der Waals surface area contributed by atoms with Crippen LogP contribution in [-0.2, 0) is 0 Å². The van der Waals surface area contributed by atoms with Crippen molar-refractivity contribution in [2.45, 2.75) is 33.7 Å². The molecular formula is C18H24ClN3O3. The number of nitrogens with one attached hydrogen (secondary N) is 1. The van der Waals surface area contributed by atoms with Gasteiger partial charge in [0.1, 0.15) is 5.82 Å². The van der Waals surface area contributed by atoms with Gasteiger partial charge in [-0.05, 0) is 31.9 Å². The number of aromatic nitrogens is 2. The molecule has 0 spiro atoms. The fourth-order valence-electron chi connectivity index (χ4n) is 2.25. The van der Waals surface area contributed by atoms with Crippen LogP contribution in [0.25, 0.3) is 0 Å². The maximum absolute atomic E-state index is 12.6. The first-order chi connectivity index (χ1) is 11.8. The highest BCUT2D eigenvalue weighted by Crippen LogP contribution is 2.37. The molecule has 1 heterocycles. The van der Waals surface area contributed by atoms with E-state index in [0.29, 0.717) is 40.4 Å². The molecule has 0 aliphatic carbocycles. The minimum absolute atomic E-state index is 0.134. The number of benzene rings is 1. The molecule has 0 bridgehead atoms. The van der Waals surface area contributed by atoms with Crippen molar-refractivity contribution in [1.82, 2.24) is 9.78 Å². The van der Waals surface area contributed by atoms with Gasteiger partial charge >= 0.3 is 0 Å². The molecule has 1 aromatic heterocycles. The first kappa shape index (κ1) is 19.1. The zero-order valence-corrected chi connectivity index (χ0v) is 15.9. The number of anilines is 1. The summed E-state index contributed by atoms with van der Waals surface area (Å²) in [7, 11) is 1.52. The molecule has 0 fully saturated rings. The molecule has 0 atom stereocenters. The smallest absolute Gasteiger partial charge is 0.257 e. The summed E-state index contributed by atoms with van der Waals surface area (Å²) in [5.74, 6) is 1.55. The number of rotatable bonds is 7. The predicted octanol–water partition coefficient (Wildman–Crippen LogP) is 4.41. The molecule has 2 aromatic rings. The van der Waals surface area contributed by atoms with E-state index in [1.807, 2.05) is 27.7 Å². The van der Waals surface area contributed by atoms with Crippen LogP contribution in [0.4, 0.5) is 5.82 Å². The fraction of sp³-hybridized carbons (Fsp3) is 0.444. The Morgan fingerprint density at radius 3 is 2.64 bits per heavy atom. The van der Waals surface area contributed by atoms with Crippen LogP contribution in [0.2, 0.25) is 5.02 Å². The van der Waals surface area contributed by atoms with Crippen molar-refractivity contribution < 1.29 is 14.3 Å². The van der Waals surface area contributed by atoms with Crippen LogP contribution in [0.15, 0.2) is 24.4 Å². The van der Waals surface area contributed by atoms with E-state index in [4.69, 9.17) is 21.1 Å². The van der Waals surface area contributed by atoms with Crippen molar-refractivity contribution in [2.24, 2.45) is 5.92 Å². The van der Waals surface area contributed by atoms with Gasteiger partial charge in [0, 0.05) is 17.7 Å². The second-order valence-electron chi connectivity index (χ2n) is 6.40. The molecule has 1 amide bonds. The molecule has 136 valence electrons. The lowest BCUT2D eigenvalue weighted by Gasteiger charge is -2.16. The van der Waals surface area contributed by atoms with Crippen molar-refractivity contribution in [2.75, 3.05) is 19.0 Å². The summed E-state index contributed by atoms with van der Waals surface area (Å²) in [5, 5.41) is 7.38. The largest absolute Gasteiger partial charge is 0.493 e. The number of methoxy groups -OCH3 is 1. The fourth-order valence-corrected chi connectivity index (χ4v) is 2.52. The molecular weight excluding hydrogens is 342 g/mol. The molecule has 25 heavy (non-hydrogen) atoms. The Balaban J connectivity index is 2.25. The average Bonchev–Trinajstić information content (AvgIpc) is 3.01. The SMILES string of the molecule is COc1cc(C(=O)Nc2ccnn2C(C)C)cc(Cl)c1OCC(C)C. The summed E-state index contributed by atoms with van der Waals surface area (Å²) >= 11 is 6.30. The van der Waals surface area contributed by atoms with Crippen molar-refractivity contribution in [3.8, 4) is 11.5 Å². The Kier molecular flexibility index (Phi) is 6.31. The maximum atomic E-state index is 12.6. The van der Waals surface area contributed by atoms with Crippen LogP contribution in [0.1, 0.15) is 44.1 Å². The van der Waals surface area contributed by atoms with E-state index in [2.05, 4.69) is 10.4 Å². The summed E-state index contributed by atoms with van der Waals surface area (Å²) in [5.41, 5.74) is 0.384. The molecule has 0 saturated carbocycles. The summed E-state index contributed by atoms with van der Waals surface area (Å²) in [6.45, 7) is 8.57. The molecule has 6 nitrogen and oxygen atoms in total. The van der Waals surface area contributed by atoms with Crippen molar-refractivity contribution >= 4 is 23.3 Å². The van der Waals surface area contributed by atoms with E-state index in [9.17, 15) is 4.79 Å². The van der Waals surface area contributed by atoms with Gasteiger partial charge in [-0.3, -0.25) is 4.79 Å². The Labute approximate surface area is 153 Å². The maximum Gasteiger partial charge on any atom is 0.257 e. The molecule has 1 N–H and O–H groups in total. The Bertz CT molecular complexity index is 741.